The van der Waals surface area contributed by atoms with Gasteiger partial charge < -0.3 is 9.67 Å². The van der Waals surface area contributed by atoms with Gasteiger partial charge in [-0.2, -0.15) is 0 Å². The van der Waals surface area contributed by atoms with Crippen LogP contribution in [0.4, 0.5) is 0 Å². The van der Waals surface area contributed by atoms with E-state index in [9.17, 15) is 9.59 Å². The molecule has 1 aliphatic rings. The number of carboxylic acid groups (broad SMARTS) is 1. The van der Waals surface area contributed by atoms with Gasteiger partial charge in [-0.1, -0.05) is 25.2 Å². The molecule has 0 unspecified atom stereocenters. The number of carboxylic acids is 1. The van der Waals surface area contributed by atoms with Gasteiger partial charge >= 0.3 is 10.8 Å². The molecule has 4 nitrogen and oxygen atoms in total. The van der Waals surface area contributed by atoms with E-state index in [1.165, 1.54) is 11.3 Å². The van der Waals surface area contributed by atoms with Crippen LogP contribution in [0.5, 0.6) is 0 Å². The van der Waals surface area contributed by atoms with Gasteiger partial charge in [-0.3, -0.25) is 9.59 Å². The van der Waals surface area contributed by atoms with Gasteiger partial charge in [0.1, 0.15) is 0 Å². The molecule has 5 heteroatoms. The number of thiazole rings is 1. The lowest BCUT2D eigenvalue weighted by molar-refractivity contribution is -0.137. The summed E-state index contributed by atoms with van der Waals surface area (Å²) in [6, 6.07) is 0. The van der Waals surface area contributed by atoms with Gasteiger partial charge in [0.15, 0.2) is 0 Å². The number of aryl methyl sites for hydroxylation is 1. The van der Waals surface area contributed by atoms with Crippen LogP contribution >= 0.6 is 11.3 Å². The molecule has 1 aliphatic carbocycles. The van der Waals surface area contributed by atoms with Gasteiger partial charge in [-0.15, -0.1) is 0 Å². The highest BCUT2D eigenvalue weighted by Gasteiger charge is 2.32. The molecule has 0 atom stereocenters. The third-order valence-electron chi connectivity index (χ3n) is 3.36. The lowest BCUT2D eigenvalue weighted by Gasteiger charge is -2.31. The Morgan fingerprint density at radius 1 is 1.53 bits per heavy atom. The van der Waals surface area contributed by atoms with Crippen LogP contribution in [0, 0.1) is 0 Å². The average Bonchev–Trinajstić information content (AvgIpc) is 2.52. The first kappa shape index (κ1) is 12.4. The Kier molecular flexibility index (Phi) is 3.12. The molecule has 94 valence electrons. The second-order valence-corrected chi connectivity index (χ2v) is 6.22. The van der Waals surface area contributed by atoms with E-state index in [-0.39, 0.29) is 16.7 Å². The summed E-state index contributed by atoms with van der Waals surface area (Å²) in [6.07, 6.45) is 3.14. The topological polar surface area (TPSA) is 59.3 Å². The predicted molar refractivity (Wildman–Crippen MR) is 66.8 cm³/mol. The Morgan fingerprint density at radius 3 is 2.88 bits per heavy atom. The zero-order valence-corrected chi connectivity index (χ0v) is 11.0. The smallest absolute Gasteiger partial charge is 0.307 e. The number of aliphatic carboxylic acids is 1. The Bertz CT molecular complexity index is 498. The second-order valence-electron chi connectivity index (χ2n) is 5.17. The molecule has 0 radical (unpaired) electrons. The van der Waals surface area contributed by atoms with Crippen molar-refractivity contribution in [3.63, 3.8) is 0 Å². The first-order valence-electron chi connectivity index (χ1n) is 5.86. The van der Waals surface area contributed by atoms with Crippen LogP contribution in [0.1, 0.15) is 43.7 Å². The van der Waals surface area contributed by atoms with Crippen LogP contribution in [0.3, 0.4) is 0 Å². The average molecular weight is 255 g/mol. The summed E-state index contributed by atoms with van der Waals surface area (Å²) in [5.41, 5.74) is 1.06. The van der Waals surface area contributed by atoms with Gasteiger partial charge in [-0.05, 0) is 19.3 Å². The molecule has 2 rings (SSSR count). The molecule has 0 amide bonds. The zero-order chi connectivity index (χ0) is 12.6. The fourth-order valence-electron chi connectivity index (χ4n) is 2.58. The van der Waals surface area contributed by atoms with Gasteiger partial charge in [0.2, 0.25) is 0 Å². The van der Waals surface area contributed by atoms with Crippen LogP contribution in [-0.2, 0) is 23.2 Å². The van der Waals surface area contributed by atoms with Crippen molar-refractivity contribution >= 4 is 17.3 Å². The van der Waals surface area contributed by atoms with E-state index in [0.29, 0.717) is 6.54 Å². The maximum absolute atomic E-state index is 11.9. The molecule has 0 saturated heterocycles. The lowest BCUT2D eigenvalue weighted by atomic mass is 9.78. The first-order valence-corrected chi connectivity index (χ1v) is 6.68. The maximum Gasteiger partial charge on any atom is 0.307 e. The molecule has 0 bridgehead atoms. The third-order valence-corrected chi connectivity index (χ3v) is 4.40. The molecule has 17 heavy (non-hydrogen) atoms. The number of rotatable bonds is 3. The molecule has 0 aliphatic heterocycles. The molecule has 1 aromatic rings. The van der Waals surface area contributed by atoms with Crippen molar-refractivity contribution in [2.45, 2.75) is 51.5 Å². The Balaban J connectivity index is 2.42. The number of carbonyl (C=O) groups is 1. The molecule has 1 heterocycles. The summed E-state index contributed by atoms with van der Waals surface area (Å²) < 4.78 is 1.67. The van der Waals surface area contributed by atoms with Gasteiger partial charge in [0, 0.05) is 22.5 Å². The Hall–Kier alpha value is -1.10. The number of hydrogen-bond donors (Lipinski definition) is 1. The number of nitrogens with zero attached hydrogens (tertiary/aromatic N) is 1. The summed E-state index contributed by atoms with van der Waals surface area (Å²) in [7, 11) is 0. The lowest BCUT2D eigenvalue weighted by Crippen LogP contribution is -2.30. The van der Waals surface area contributed by atoms with Crippen molar-refractivity contribution in [2.75, 3.05) is 0 Å². The number of fused-ring (bicyclic) bond motifs is 1. The second kappa shape index (κ2) is 4.29. The molecule has 0 aromatic carbocycles. The highest BCUT2D eigenvalue weighted by Crippen LogP contribution is 2.37. The molecule has 0 saturated carbocycles. The van der Waals surface area contributed by atoms with Crippen LogP contribution in [0.15, 0.2) is 4.79 Å². The first-order chi connectivity index (χ1) is 7.92. The maximum atomic E-state index is 11.9. The van der Waals surface area contributed by atoms with E-state index >= 15 is 0 Å². The Morgan fingerprint density at radius 2 is 2.24 bits per heavy atom. The van der Waals surface area contributed by atoms with E-state index in [0.717, 1.165) is 29.8 Å². The van der Waals surface area contributed by atoms with Crippen LogP contribution in [0.2, 0.25) is 0 Å². The third kappa shape index (κ3) is 2.29. The quantitative estimate of drug-likeness (QED) is 0.898. The van der Waals surface area contributed by atoms with E-state index < -0.39 is 5.97 Å². The van der Waals surface area contributed by atoms with Crippen LogP contribution in [-0.4, -0.2) is 15.6 Å². The normalized spacial score (nSPS) is 17.8. The van der Waals surface area contributed by atoms with Crippen molar-refractivity contribution in [3.05, 3.63) is 20.2 Å². The Labute approximate surface area is 104 Å². The minimum atomic E-state index is -0.856. The number of aromatic nitrogens is 1. The summed E-state index contributed by atoms with van der Waals surface area (Å²) in [4.78, 5) is 23.7. The summed E-state index contributed by atoms with van der Waals surface area (Å²) in [5, 5.41) is 8.73. The van der Waals surface area contributed by atoms with Gasteiger partial charge in [0.05, 0.1) is 6.42 Å². The van der Waals surface area contributed by atoms with Crippen molar-refractivity contribution in [1.82, 2.24) is 4.57 Å². The van der Waals surface area contributed by atoms with E-state index in [4.69, 9.17) is 5.11 Å². The summed E-state index contributed by atoms with van der Waals surface area (Å²) in [5.74, 6) is -0.856. The molecule has 0 spiro atoms. The van der Waals surface area contributed by atoms with Crippen molar-refractivity contribution in [2.24, 2.45) is 0 Å². The standard InChI is InChI=1S/C12H17NO3S/c1-12(2)6-3-4-8-10(12)13(11(16)17-8)7-5-9(14)15/h3-7H2,1-2H3,(H,14,15). The minimum Gasteiger partial charge on any atom is -0.481 e. The van der Waals surface area contributed by atoms with E-state index in [1.807, 2.05) is 0 Å². The fraction of sp³-hybridized carbons (Fsp3) is 0.667. The number of hydrogen-bond acceptors (Lipinski definition) is 3. The monoisotopic (exact) mass is 255 g/mol. The largest absolute Gasteiger partial charge is 0.481 e. The predicted octanol–water partition coefficient (Wildman–Crippen LogP) is 2.00. The van der Waals surface area contributed by atoms with E-state index in [1.54, 1.807) is 4.57 Å². The minimum absolute atomic E-state index is 0.00812. The van der Waals surface area contributed by atoms with Crippen LogP contribution in [0.25, 0.3) is 0 Å². The fourth-order valence-corrected chi connectivity index (χ4v) is 3.82. The highest BCUT2D eigenvalue weighted by atomic mass is 32.1. The van der Waals surface area contributed by atoms with Crippen molar-refractivity contribution in [3.8, 4) is 0 Å². The zero-order valence-electron chi connectivity index (χ0n) is 10.2. The molecule has 0 fully saturated rings. The van der Waals surface area contributed by atoms with Crippen LogP contribution < -0.4 is 4.87 Å². The summed E-state index contributed by atoms with van der Waals surface area (Å²) in [6.45, 7) is 4.56. The molecular weight excluding hydrogens is 238 g/mol. The molecule has 1 N–H and O–H groups in total. The summed E-state index contributed by atoms with van der Waals surface area (Å²) >= 11 is 1.29. The van der Waals surface area contributed by atoms with Gasteiger partial charge in [0.25, 0.3) is 0 Å². The highest BCUT2D eigenvalue weighted by molar-refractivity contribution is 7.09. The van der Waals surface area contributed by atoms with Gasteiger partial charge in [-0.25, -0.2) is 0 Å². The molecular formula is C12H17NO3S. The SMILES string of the molecule is CC1(C)CCCc2sc(=O)n(CCC(=O)O)c21. The van der Waals surface area contributed by atoms with Crippen molar-refractivity contribution in [1.29, 1.82) is 0 Å². The van der Waals surface area contributed by atoms with Crippen molar-refractivity contribution < 1.29 is 9.90 Å². The van der Waals surface area contributed by atoms with E-state index in [2.05, 4.69) is 13.8 Å². The molecule has 1 aromatic heterocycles.